The number of aliphatic hydroxyl groups is 1. The first kappa shape index (κ1) is 18.5. The van der Waals surface area contributed by atoms with Crippen LogP contribution in [-0.2, 0) is 13.1 Å². The highest BCUT2D eigenvalue weighted by Crippen LogP contribution is 2.28. The van der Waals surface area contributed by atoms with Gasteiger partial charge >= 0.3 is 6.03 Å². The molecule has 0 saturated heterocycles. The quantitative estimate of drug-likeness (QED) is 0.652. The molecule has 0 aliphatic heterocycles. The predicted octanol–water partition coefficient (Wildman–Crippen LogP) is 0.848. The summed E-state index contributed by atoms with van der Waals surface area (Å²) in [5.74, 6) is 1.78. The molecular formula is C16H23N5O4. The van der Waals surface area contributed by atoms with Crippen LogP contribution in [0.25, 0.3) is 0 Å². The molecular weight excluding hydrogens is 326 g/mol. The standard InChI is InChI=1S/C16H23N5O4/c1-4-21-10-19-20-15(21)9-18-16(23)17-8-13(22)12-7-11(24-2)5-6-14(12)25-3/h5-7,10,13,22H,4,8-9H2,1-3H3,(H2,17,18,23). The molecule has 2 aromatic rings. The monoisotopic (exact) mass is 349 g/mol. The Kier molecular flexibility index (Phi) is 6.58. The van der Waals surface area contributed by atoms with Crippen molar-refractivity contribution in [1.29, 1.82) is 0 Å². The molecule has 1 unspecified atom stereocenters. The van der Waals surface area contributed by atoms with E-state index in [2.05, 4.69) is 20.8 Å². The average Bonchev–Trinajstić information content (AvgIpc) is 3.11. The summed E-state index contributed by atoms with van der Waals surface area (Å²) in [5, 5.41) is 23.4. The van der Waals surface area contributed by atoms with Gasteiger partial charge in [-0.2, -0.15) is 0 Å². The Bertz CT molecular complexity index is 704. The lowest BCUT2D eigenvalue weighted by Gasteiger charge is -2.16. The highest BCUT2D eigenvalue weighted by atomic mass is 16.5. The second-order valence-corrected chi connectivity index (χ2v) is 5.22. The summed E-state index contributed by atoms with van der Waals surface area (Å²) >= 11 is 0. The first-order chi connectivity index (χ1) is 12.1. The molecule has 1 aromatic heterocycles. The molecule has 1 atom stereocenters. The summed E-state index contributed by atoms with van der Waals surface area (Å²) in [6.45, 7) is 2.96. The van der Waals surface area contributed by atoms with Gasteiger partial charge < -0.3 is 29.8 Å². The third kappa shape index (κ3) is 4.83. The van der Waals surface area contributed by atoms with Crippen molar-refractivity contribution >= 4 is 6.03 Å². The minimum absolute atomic E-state index is 0.0236. The van der Waals surface area contributed by atoms with Crippen LogP contribution in [0.4, 0.5) is 4.79 Å². The van der Waals surface area contributed by atoms with Crippen LogP contribution in [0.15, 0.2) is 24.5 Å². The number of aliphatic hydroxyl groups excluding tert-OH is 1. The number of amides is 2. The number of ether oxygens (including phenoxy) is 2. The lowest BCUT2D eigenvalue weighted by Crippen LogP contribution is -2.38. The highest BCUT2D eigenvalue weighted by molar-refractivity contribution is 5.73. The van der Waals surface area contributed by atoms with Gasteiger partial charge in [0, 0.05) is 18.7 Å². The number of carbonyl (C=O) groups excluding carboxylic acids is 1. The van der Waals surface area contributed by atoms with Crippen LogP contribution < -0.4 is 20.1 Å². The van der Waals surface area contributed by atoms with Gasteiger partial charge in [0.15, 0.2) is 5.82 Å². The molecule has 1 aromatic carbocycles. The zero-order valence-corrected chi connectivity index (χ0v) is 14.5. The zero-order chi connectivity index (χ0) is 18.2. The summed E-state index contributed by atoms with van der Waals surface area (Å²) in [5.41, 5.74) is 0.535. The van der Waals surface area contributed by atoms with Gasteiger partial charge in [-0.1, -0.05) is 0 Å². The first-order valence-electron chi connectivity index (χ1n) is 7.87. The Labute approximate surface area is 146 Å². The Morgan fingerprint density at radius 1 is 1.32 bits per heavy atom. The molecule has 0 spiro atoms. The number of rotatable bonds is 8. The van der Waals surface area contributed by atoms with Gasteiger partial charge in [-0.25, -0.2) is 4.79 Å². The maximum Gasteiger partial charge on any atom is 0.315 e. The molecule has 0 radical (unpaired) electrons. The van der Waals surface area contributed by atoms with Crippen LogP contribution in [0.1, 0.15) is 24.4 Å². The third-order valence-electron chi connectivity index (χ3n) is 3.70. The van der Waals surface area contributed by atoms with Gasteiger partial charge in [0.25, 0.3) is 0 Å². The van der Waals surface area contributed by atoms with Gasteiger partial charge in [-0.3, -0.25) is 0 Å². The number of nitrogens with one attached hydrogen (secondary N) is 2. The molecule has 136 valence electrons. The Morgan fingerprint density at radius 2 is 2.12 bits per heavy atom. The fourth-order valence-electron chi connectivity index (χ4n) is 2.30. The van der Waals surface area contributed by atoms with E-state index in [1.54, 1.807) is 31.6 Å². The number of urea groups is 1. The topological polar surface area (TPSA) is 111 Å². The predicted molar refractivity (Wildman–Crippen MR) is 90.4 cm³/mol. The number of benzene rings is 1. The van der Waals surface area contributed by atoms with E-state index in [9.17, 15) is 9.90 Å². The van der Waals surface area contributed by atoms with Gasteiger partial charge in [0.1, 0.15) is 23.9 Å². The molecule has 0 aliphatic rings. The number of nitrogens with zero attached hydrogens (tertiary/aromatic N) is 3. The van der Waals surface area contributed by atoms with E-state index in [-0.39, 0.29) is 13.1 Å². The Hall–Kier alpha value is -2.81. The summed E-state index contributed by atoms with van der Waals surface area (Å²) in [7, 11) is 3.06. The molecule has 0 saturated carbocycles. The molecule has 3 N–H and O–H groups in total. The molecule has 0 fully saturated rings. The van der Waals surface area contributed by atoms with Gasteiger partial charge in [-0.05, 0) is 25.1 Å². The summed E-state index contributed by atoms with van der Waals surface area (Å²) in [6.07, 6.45) is 0.670. The second kappa shape index (κ2) is 8.88. The van der Waals surface area contributed by atoms with Crippen molar-refractivity contribution in [1.82, 2.24) is 25.4 Å². The van der Waals surface area contributed by atoms with Crippen LogP contribution in [0, 0.1) is 0 Å². The van der Waals surface area contributed by atoms with Crippen molar-refractivity contribution in [2.75, 3.05) is 20.8 Å². The van der Waals surface area contributed by atoms with Crippen molar-refractivity contribution < 1.29 is 19.4 Å². The van der Waals surface area contributed by atoms with Crippen molar-refractivity contribution in [2.24, 2.45) is 0 Å². The maximum atomic E-state index is 11.9. The van der Waals surface area contributed by atoms with E-state index in [1.807, 2.05) is 11.5 Å². The van der Waals surface area contributed by atoms with Crippen LogP contribution in [0.2, 0.25) is 0 Å². The Balaban J connectivity index is 1.89. The molecule has 25 heavy (non-hydrogen) atoms. The molecule has 2 amide bonds. The van der Waals surface area contributed by atoms with E-state index in [1.165, 1.54) is 7.11 Å². The number of methoxy groups -OCH3 is 2. The largest absolute Gasteiger partial charge is 0.497 e. The number of aromatic nitrogens is 3. The number of hydrogen-bond acceptors (Lipinski definition) is 6. The first-order valence-corrected chi connectivity index (χ1v) is 7.87. The number of aryl methyl sites for hydroxylation is 1. The van der Waals surface area contributed by atoms with Crippen LogP contribution in [0.5, 0.6) is 11.5 Å². The lowest BCUT2D eigenvalue weighted by atomic mass is 10.1. The van der Waals surface area contributed by atoms with Crippen molar-refractivity contribution in [3.8, 4) is 11.5 Å². The van der Waals surface area contributed by atoms with Crippen LogP contribution in [-0.4, -0.2) is 46.7 Å². The fourth-order valence-corrected chi connectivity index (χ4v) is 2.30. The summed E-state index contributed by atoms with van der Waals surface area (Å²) in [4.78, 5) is 11.9. The van der Waals surface area contributed by atoms with E-state index in [0.717, 1.165) is 6.54 Å². The third-order valence-corrected chi connectivity index (χ3v) is 3.70. The molecule has 1 heterocycles. The number of carbonyl (C=O) groups is 1. The van der Waals surface area contributed by atoms with E-state index >= 15 is 0 Å². The van der Waals surface area contributed by atoms with Gasteiger partial charge in [-0.15, -0.1) is 10.2 Å². The molecule has 2 rings (SSSR count). The zero-order valence-electron chi connectivity index (χ0n) is 14.5. The molecule has 0 bridgehead atoms. The van der Waals surface area contributed by atoms with Gasteiger partial charge in [0.2, 0.25) is 0 Å². The summed E-state index contributed by atoms with van der Waals surface area (Å²) in [6, 6.07) is 4.70. The van der Waals surface area contributed by atoms with E-state index < -0.39 is 12.1 Å². The molecule has 9 heteroatoms. The van der Waals surface area contributed by atoms with Crippen molar-refractivity contribution in [3.63, 3.8) is 0 Å². The molecule has 9 nitrogen and oxygen atoms in total. The number of hydrogen-bond donors (Lipinski definition) is 3. The van der Waals surface area contributed by atoms with E-state index in [4.69, 9.17) is 9.47 Å². The average molecular weight is 349 g/mol. The smallest absolute Gasteiger partial charge is 0.315 e. The normalized spacial score (nSPS) is 11.7. The van der Waals surface area contributed by atoms with E-state index in [0.29, 0.717) is 22.9 Å². The maximum absolute atomic E-state index is 11.9. The minimum atomic E-state index is -0.935. The van der Waals surface area contributed by atoms with Crippen LogP contribution >= 0.6 is 0 Å². The summed E-state index contributed by atoms with van der Waals surface area (Å²) < 4.78 is 12.2. The lowest BCUT2D eigenvalue weighted by molar-refractivity contribution is 0.169. The minimum Gasteiger partial charge on any atom is -0.497 e. The highest BCUT2D eigenvalue weighted by Gasteiger charge is 2.16. The van der Waals surface area contributed by atoms with Crippen molar-refractivity contribution in [2.45, 2.75) is 26.1 Å². The Morgan fingerprint density at radius 3 is 2.80 bits per heavy atom. The fraction of sp³-hybridized carbons (Fsp3) is 0.438. The SMILES string of the molecule is CCn1cnnc1CNC(=O)NCC(O)c1cc(OC)ccc1OC. The van der Waals surface area contributed by atoms with Crippen LogP contribution in [0.3, 0.4) is 0 Å². The molecule has 0 aliphatic carbocycles. The van der Waals surface area contributed by atoms with Crippen molar-refractivity contribution in [3.05, 3.63) is 35.9 Å². The second-order valence-electron chi connectivity index (χ2n) is 5.22. The van der Waals surface area contributed by atoms with Gasteiger partial charge in [0.05, 0.1) is 20.8 Å².